The third-order valence-electron chi connectivity index (χ3n) is 3.14. The Bertz CT molecular complexity index is 379. The van der Waals surface area contributed by atoms with E-state index in [2.05, 4.69) is 17.2 Å². The summed E-state index contributed by atoms with van der Waals surface area (Å²) in [5.41, 5.74) is 1.13. The van der Waals surface area contributed by atoms with Crippen LogP contribution in [0.25, 0.3) is 0 Å². The first-order chi connectivity index (χ1) is 8.79. The number of nitrogens with one attached hydrogen (secondary N) is 1. The van der Waals surface area contributed by atoms with Gasteiger partial charge in [0.2, 0.25) is 5.91 Å². The molecule has 0 unspecified atom stereocenters. The van der Waals surface area contributed by atoms with Crippen molar-refractivity contribution in [1.82, 2.24) is 10.3 Å². The number of carbonyl (C=O) groups is 1. The summed E-state index contributed by atoms with van der Waals surface area (Å²) in [6.07, 6.45) is 7.15. The lowest BCUT2D eigenvalue weighted by Gasteiger charge is -2.17. The first-order valence-corrected chi connectivity index (χ1v) is 7.72. The largest absolute Gasteiger partial charge is 0.349 e. The second kappa shape index (κ2) is 6.78. The van der Waals surface area contributed by atoms with Gasteiger partial charge in [0.15, 0.2) is 0 Å². The van der Waals surface area contributed by atoms with Gasteiger partial charge in [-0.3, -0.25) is 9.78 Å². The first kappa shape index (κ1) is 13.4. The Morgan fingerprint density at radius 2 is 2.22 bits per heavy atom. The zero-order valence-electron chi connectivity index (χ0n) is 10.8. The molecule has 1 aliphatic carbocycles. The Hall–Kier alpha value is -1.03. The molecule has 18 heavy (non-hydrogen) atoms. The number of rotatable bonds is 7. The number of nitrogens with zero attached hydrogens (tertiary/aromatic N) is 1. The van der Waals surface area contributed by atoms with Crippen molar-refractivity contribution >= 4 is 17.7 Å². The lowest BCUT2D eigenvalue weighted by Crippen LogP contribution is -2.29. The maximum absolute atomic E-state index is 11.8. The van der Waals surface area contributed by atoms with E-state index in [-0.39, 0.29) is 11.9 Å². The van der Waals surface area contributed by atoms with E-state index < -0.39 is 0 Å². The van der Waals surface area contributed by atoms with Crippen LogP contribution in [0.5, 0.6) is 0 Å². The first-order valence-electron chi connectivity index (χ1n) is 6.56. The summed E-state index contributed by atoms with van der Waals surface area (Å²) in [6, 6.07) is 4.04. The van der Waals surface area contributed by atoms with E-state index in [1.165, 1.54) is 12.8 Å². The van der Waals surface area contributed by atoms with E-state index in [1.54, 1.807) is 24.2 Å². The van der Waals surface area contributed by atoms with Crippen molar-refractivity contribution in [1.29, 1.82) is 0 Å². The van der Waals surface area contributed by atoms with Crippen molar-refractivity contribution in [3.63, 3.8) is 0 Å². The van der Waals surface area contributed by atoms with Gasteiger partial charge in [0, 0.05) is 12.4 Å². The lowest BCUT2D eigenvalue weighted by molar-refractivity contribution is -0.119. The lowest BCUT2D eigenvalue weighted by atomic mass is 10.1. The average Bonchev–Trinajstić information content (AvgIpc) is 3.21. The van der Waals surface area contributed by atoms with Crippen LogP contribution in [0, 0.1) is 5.92 Å². The highest BCUT2D eigenvalue weighted by molar-refractivity contribution is 7.99. The van der Waals surface area contributed by atoms with E-state index in [9.17, 15) is 4.79 Å². The zero-order valence-corrected chi connectivity index (χ0v) is 11.6. The minimum atomic E-state index is 0.113. The summed E-state index contributed by atoms with van der Waals surface area (Å²) in [7, 11) is 0. The minimum Gasteiger partial charge on any atom is -0.349 e. The summed E-state index contributed by atoms with van der Waals surface area (Å²) < 4.78 is 0. The van der Waals surface area contributed by atoms with Crippen LogP contribution < -0.4 is 5.32 Å². The quantitative estimate of drug-likeness (QED) is 0.823. The molecule has 0 bridgehead atoms. The van der Waals surface area contributed by atoms with Gasteiger partial charge in [0.05, 0.1) is 11.8 Å². The second-order valence-corrected chi connectivity index (χ2v) is 5.80. The third kappa shape index (κ3) is 4.33. The summed E-state index contributed by atoms with van der Waals surface area (Å²) in [5, 5.41) is 3.09. The highest BCUT2D eigenvalue weighted by Crippen LogP contribution is 2.32. The molecule has 1 amide bonds. The molecule has 98 valence electrons. The van der Waals surface area contributed by atoms with Gasteiger partial charge < -0.3 is 5.32 Å². The SMILES string of the molecule is CC[C@H](NC(=O)CSCC1CC1)c1ccncc1. The number of thioether (sulfide) groups is 1. The molecule has 2 rings (SSSR count). The van der Waals surface area contributed by atoms with E-state index in [0.29, 0.717) is 5.75 Å². The van der Waals surface area contributed by atoms with Gasteiger partial charge in [-0.05, 0) is 48.6 Å². The van der Waals surface area contributed by atoms with Crippen LogP contribution >= 0.6 is 11.8 Å². The molecule has 1 heterocycles. The number of amides is 1. The van der Waals surface area contributed by atoms with Crippen molar-refractivity contribution in [2.24, 2.45) is 5.92 Å². The number of aromatic nitrogens is 1. The summed E-state index contributed by atoms with van der Waals surface area (Å²) in [4.78, 5) is 15.8. The molecule has 1 aliphatic rings. The van der Waals surface area contributed by atoms with Gasteiger partial charge in [-0.2, -0.15) is 11.8 Å². The molecular formula is C14H20N2OS. The fraction of sp³-hybridized carbons (Fsp3) is 0.571. The molecule has 0 spiro atoms. The predicted octanol–water partition coefficient (Wildman–Crippen LogP) is 2.79. The van der Waals surface area contributed by atoms with Crippen molar-refractivity contribution in [3.8, 4) is 0 Å². The van der Waals surface area contributed by atoms with Crippen LogP contribution in [0.3, 0.4) is 0 Å². The number of hydrogen-bond donors (Lipinski definition) is 1. The fourth-order valence-electron chi connectivity index (χ4n) is 1.86. The Kier molecular flexibility index (Phi) is 5.05. The molecule has 0 aromatic carbocycles. The average molecular weight is 264 g/mol. The second-order valence-electron chi connectivity index (χ2n) is 4.77. The van der Waals surface area contributed by atoms with Gasteiger partial charge in [0.25, 0.3) is 0 Å². The fourth-order valence-corrected chi connectivity index (χ4v) is 2.91. The third-order valence-corrected chi connectivity index (χ3v) is 4.31. The van der Waals surface area contributed by atoms with E-state index in [0.717, 1.165) is 23.7 Å². The van der Waals surface area contributed by atoms with Gasteiger partial charge in [-0.15, -0.1) is 0 Å². The molecule has 1 aromatic heterocycles. The van der Waals surface area contributed by atoms with E-state index >= 15 is 0 Å². The molecule has 0 saturated heterocycles. The zero-order chi connectivity index (χ0) is 12.8. The molecule has 1 fully saturated rings. The molecule has 4 heteroatoms. The Balaban J connectivity index is 1.76. The van der Waals surface area contributed by atoms with Gasteiger partial charge in [-0.1, -0.05) is 6.92 Å². The van der Waals surface area contributed by atoms with Crippen LogP contribution in [0.2, 0.25) is 0 Å². The predicted molar refractivity (Wildman–Crippen MR) is 75.5 cm³/mol. The van der Waals surface area contributed by atoms with Gasteiger partial charge >= 0.3 is 0 Å². The maximum Gasteiger partial charge on any atom is 0.230 e. The molecule has 1 N–H and O–H groups in total. The molecule has 0 radical (unpaired) electrons. The van der Waals surface area contributed by atoms with Crippen molar-refractivity contribution in [3.05, 3.63) is 30.1 Å². The summed E-state index contributed by atoms with van der Waals surface area (Å²) >= 11 is 1.76. The Morgan fingerprint density at radius 1 is 1.50 bits per heavy atom. The van der Waals surface area contributed by atoms with Crippen molar-refractivity contribution < 1.29 is 4.79 Å². The minimum absolute atomic E-state index is 0.113. The normalized spacial score (nSPS) is 16.3. The highest BCUT2D eigenvalue weighted by atomic mass is 32.2. The van der Waals surface area contributed by atoms with Crippen LogP contribution in [0.1, 0.15) is 37.8 Å². The topological polar surface area (TPSA) is 42.0 Å². The number of hydrogen-bond acceptors (Lipinski definition) is 3. The molecule has 3 nitrogen and oxygen atoms in total. The van der Waals surface area contributed by atoms with Crippen LogP contribution in [-0.2, 0) is 4.79 Å². The Morgan fingerprint density at radius 3 is 2.83 bits per heavy atom. The Labute approximate surface area is 113 Å². The van der Waals surface area contributed by atoms with Crippen LogP contribution in [0.15, 0.2) is 24.5 Å². The smallest absolute Gasteiger partial charge is 0.230 e. The number of carbonyl (C=O) groups excluding carboxylic acids is 1. The summed E-state index contributed by atoms with van der Waals surface area (Å²) in [5.74, 6) is 2.74. The number of pyridine rings is 1. The van der Waals surface area contributed by atoms with Crippen LogP contribution in [0.4, 0.5) is 0 Å². The van der Waals surface area contributed by atoms with Crippen molar-refractivity contribution in [2.45, 2.75) is 32.2 Å². The maximum atomic E-state index is 11.8. The molecule has 1 saturated carbocycles. The molecular weight excluding hydrogens is 244 g/mol. The standard InChI is InChI=1S/C14H20N2OS/c1-2-13(12-5-7-15-8-6-12)16-14(17)10-18-9-11-3-4-11/h5-8,11,13H,2-4,9-10H2,1H3,(H,16,17)/t13-/m0/s1. The van der Waals surface area contributed by atoms with E-state index in [1.807, 2.05) is 12.1 Å². The summed E-state index contributed by atoms with van der Waals surface area (Å²) in [6.45, 7) is 2.09. The molecule has 1 aromatic rings. The van der Waals surface area contributed by atoms with Gasteiger partial charge in [0.1, 0.15) is 0 Å². The highest BCUT2D eigenvalue weighted by Gasteiger charge is 2.21. The van der Waals surface area contributed by atoms with Gasteiger partial charge in [-0.25, -0.2) is 0 Å². The monoisotopic (exact) mass is 264 g/mol. The van der Waals surface area contributed by atoms with Crippen molar-refractivity contribution in [2.75, 3.05) is 11.5 Å². The molecule has 0 aliphatic heterocycles. The van der Waals surface area contributed by atoms with Crippen LogP contribution in [-0.4, -0.2) is 22.4 Å². The molecule has 1 atom stereocenters. The van der Waals surface area contributed by atoms with E-state index in [4.69, 9.17) is 0 Å².